The van der Waals surface area contributed by atoms with Crippen molar-refractivity contribution in [1.82, 2.24) is 9.80 Å². The van der Waals surface area contributed by atoms with Gasteiger partial charge in [-0.3, -0.25) is 9.69 Å². The standard InChI is InChI=1S/C16H22N2O4/c1-10-5-6-11(2)15(12(10)3)22-9-13(19)7-18-14(20)8-17(4)16(18)21/h5-6,13,19H,7-9H2,1-4H3. The molecule has 1 aliphatic heterocycles. The highest BCUT2D eigenvalue weighted by molar-refractivity contribution is 6.01. The van der Waals surface area contributed by atoms with E-state index < -0.39 is 6.10 Å². The Morgan fingerprint density at radius 2 is 1.86 bits per heavy atom. The Kier molecular flexibility index (Phi) is 4.71. The van der Waals surface area contributed by atoms with Crippen molar-refractivity contribution >= 4 is 11.9 Å². The molecule has 1 aromatic carbocycles. The zero-order valence-corrected chi connectivity index (χ0v) is 13.4. The molecule has 1 aliphatic rings. The fourth-order valence-corrected chi connectivity index (χ4v) is 2.44. The lowest BCUT2D eigenvalue weighted by Gasteiger charge is -2.20. The molecule has 6 nitrogen and oxygen atoms in total. The molecule has 22 heavy (non-hydrogen) atoms. The summed E-state index contributed by atoms with van der Waals surface area (Å²) in [6.07, 6.45) is -0.918. The predicted molar refractivity (Wildman–Crippen MR) is 81.9 cm³/mol. The maximum atomic E-state index is 11.8. The monoisotopic (exact) mass is 306 g/mol. The van der Waals surface area contributed by atoms with Crippen molar-refractivity contribution in [1.29, 1.82) is 0 Å². The van der Waals surface area contributed by atoms with Crippen LogP contribution in [0.2, 0.25) is 0 Å². The molecule has 0 bridgehead atoms. The number of aliphatic hydroxyl groups excluding tert-OH is 1. The summed E-state index contributed by atoms with van der Waals surface area (Å²) in [5, 5.41) is 10.1. The number of aryl methyl sites for hydroxylation is 2. The van der Waals surface area contributed by atoms with E-state index in [4.69, 9.17) is 4.74 Å². The highest BCUT2D eigenvalue weighted by Gasteiger charge is 2.34. The van der Waals surface area contributed by atoms with Gasteiger partial charge in [0.2, 0.25) is 5.91 Å². The Morgan fingerprint density at radius 1 is 1.23 bits per heavy atom. The second-order valence-corrected chi connectivity index (χ2v) is 5.76. The summed E-state index contributed by atoms with van der Waals surface area (Å²) in [6.45, 7) is 5.94. The zero-order chi connectivity index (χ0) is 16.4. The van der Waals surface area contributed by atoms with Gasteiger partial charge < -0.3 is 14.7 Å². The van der Waals surface area contributed by atoms with Crippen LogP contribution in [0, 0.1) is 20.8 Å². The number of β-amino-alcohol motifs (C(OH)–C–C–N with tert-alkyl or cyclic N) is 1. The number of carbonyl (C=O) groups excluding carboxylic acids is 2. The van der Waals surface area contributed by atoms with E-state index in [0.717, 1.165) is 27.3 Å². The summed E-state index contributed by atoms with van der Waals surface area (Å²) in [5.74, 6) is 0.449. The number of hydrogen-bond acceptors (Lipinski definition) is 4. The van der Waals surface area contributed by atoms with E-state index in [9.17, 15) is 14.7 Å². The maximum Gasteiger partial charge on any atom is 0.327 e. The molecule has 1 atom stereocenters. The van der Waals surface area contributed by atoms with E-state index in [0.29, 0.717) is 0 Å². The molecule has 1 saturated heterocycles. The van der Waals surface area contributed by atoms with Crippen molar-refractivity contribution in [2.45, 2.75) is 26.9 Å². The predicted octanol–water partition coefficient (Wildman–Crippen LogP) is 1.25. The number of ether oxygens (including phenoxy) is 1. The number of benzene rings is 1. The third-order valence-electron chi connectivity index (χ3n) is 3.92. The van der Waals surface area contributed by atoms with Crippen molar-refractivity contribution in [2.24, 2.45) is 0 Å². The first-order valence-electron chi connectivity index (χ1n) is 7.24. The molecule has 3 amide bonds. The van der Waals surface area contributed by atoms with E-state index in [2.05, 4.69) is 0 Å². The van der Waals surface area contributed by atoms with Gasteiger partial charge >= 0.3 is 6.03 Å². The number of rotatable bonds is 5. The van der Waals surface area contributed by atoms with Gasteiger partial charge in [0.15, 0.2) is 0 Å². The number of hydrogen-bond donors (Lipinski definition) is 1. The van der Waals surface area contributed by atoms with Gasteiger partial charge in [0.1, 0.15) is 25.0 Å². The zero-order valence-electron chi connectivity index (χ0n) is 13.4. The summed E-state index contributed by atoms with van der Waals surface area (Å²) >= 11 is 0. The van der Waals surface area contributed by atoms with Crippen molar-refractivity contribution in [3.63, 3.8) is 0 Å². The Bertz CT molecular complexity index is 600. The Hall–Kier alpha value is -2.08. The second-order valence-electron chi connectivity index (χ2n) is 5.76. The molecular formula is C16H22N2O4. The van der Waals surface area contributed by atoms with E-state index in [1.165, 1.54) is 4.90 Å². The Morgan fingerprint density at radius 3 is 2.45 bits per heavy atom. The van der Waals surface area contributed by atoms with E-state index >= 15 is 0 Å². The molecule has 1 aromatic rings. The van der Waals surface area contributed by atoms with Crippen LogP contribution in [0.1, 0.15) is 16.7 Å². The first-order valence-corrected chi connectivity index (χ1v) is 7.24. The van der Waals surface area contributed by atoms with Gasteiger partial charge in [-0.2, -0.15) is 0 Å². The summed E-state index contributed by atoms with van der Waals surface area (Å²) in [5.41, 5.74) is 3.13. The lowest BCUT2D eigenvalue weighted by Crippen LogP contribution is -2.40. The quantitative estimate of drug-likeness (QED) is 0.831. The number of carbonyl (C=O) groups is 2. The first-order chi connectivity index (χ1) is 10.3. The minimum atomic E-state index is -0.918. The lowest BCUT2D eigenvalue weighted by molar-refractivity contribution is -0.126. The highest BCUT2D eigenvalue weighted by atomic mass is 16.5. The molecule has 1 fully saturated rings. The number of nitrogens with zero attached hydrogens (tertiary/aromatic N) is 2. The minimum Gasteiger partial charge on any atom is -0.490 e. The van der Waals surface area contributed by atoms with Gasteiger partial charge in [0.25, 0.3) is 0 Å². The van der Waals surface area contributed by atoms with Gasteiger partial charge in [0, 0.05) is 7.05 Å². The van der Waals surface area contributed by atoms with Crippen LogP contribution in [0.5, 0.6) is 5.75 Å². The number of amides is 3. The molecule has 120 valence electrons. The third kappa shape index (κ3) is 3.22. The third-order valence-corrected chi connectivity index (χ3v) is 3.92. The van der Waals surface area contributed by atoms with Crippen LogP contribution in [0.15, 0.2) is 12.1 Å². The van der Waals surface area contributed by atoms with Crippen molar-refractivity contribution in [3.8, 4) is 5.75 Å². The molecule has 0 saturated carbocycles. The lowest BCUT2D eigenvalue weighted by atomic mass is 10.1. The van der Waals surface area contributed by atoms with Gasteiger partial charge in [-0.25, -0.2) is 4.79 Å². The summed E-state index contributed by atoms with van der Waals surface area (Å²) < 4.78 is 5.70. The molecule has 6 heteroatoms. The van der Waals surface area contributed by atoms with E-state index in [1.807, 2.05) is 32.9 Å². The molecule has 2 rings (SSSR count). The molecule has 0 aromatic heterocycles. The Balaban J connectivity index is 1.97. The number of urea groups is 1. The van der Waals surface area contributed by atoms with Crippen molar-refractivity contribution in [3.05, 3.63) is 28.8 Å². The van der Waals surface area contributed by atoms with Gasteiger partial charge in [-0.1, -0.05) is 12.1 Å². The number of imide groups is 1. The second kappa shape index (κ2) is 6.36. The van der Waals surface area contributed by atoms with Crippen molar-refractivity contribution < 1.29 is 19.4 Å². The molecule has 1 N–H and O–H groups in total. The average molecular weight is 306 g/mol. The number of likely N-dealkylation sites (N-methyl/N-ethyl adjacent to an activating group) is 1. The average Bonchev–Trinajstić information content (AvgIpc) is 2.69. The van der Waals surface area contributed by atoms with Crippen LogP contribution in [-0.4, -0.2) is 59.7 Å². The molecule has 1 unspecified atom stereocenters. The highest BCUT2D eigenvalue weighted by Crippen LogP contribution is 2.25. The topological polar surface area (TPSA) is 70.1 Å². The van der Waals surface area contributed by atoms with Gasteiger partial charge in [-0.05, 0) is 37.5 Å². The first kappa shape index (κ1) is 16.3. The largest absolute Gasteiger partial charge is 0.490 e. The van der Waals surface area contributed by atoms with Crippen LogP contribution in [-0.2, 0) is 4.79 Å². The van der Waals surface area contributed by atoms with Crippen LogP contribution in [0.25, 0.3) is 0 Å². The molecule has 0 radical (unpaired) electrons. The normalized spacial score (nSPS) is 16.4. The van der Waals surface area contributed by atoms with Crippen LogP contribution >= 0.6 is 0 Å². The molecule has 0 spiro atoms. The number of aliphatic hydroxyl groups is 1. The van der Waals surface area contributed by atoms with E-state index in [1.54, 1.807) is 7.05 Å². The van der Waals surface area contributed by atoms with Gasteiger partial charge in [-0.15, -0.1) is 0 Å². The van der Waals surface area contributed by atoms with Gasteiger partial charge in [0.05, 0.1) is 6.54 Å². The maximum absolute atomic E-state index is 11.8. The van der Waals surface area contributed by atoms with Crippen LogP contribution in [0.3, 0.4) is 0 Å². The fourth-order valence-electron chi connectivity index (χ4n) is 2.44. The SMILES string of the molecule is Cc1ccc(C)c(OCC(O)CN2C(=O)CN(C)C2=O)c1C. The van der Waals surface area contributed by atoms with E-state index in [-0.39, 0.29) is 31.6 Å². The molecule has 0 aliphatic carbocycles. The van der Waals surface area contributed by atoms with Crippen molar-refractivity contribution in [2.75, 3.05) is 26.7 Å². The molecule has 1 heterocycles. The minimum absolute atomic E-state index is 0.0336. The summed E-state index contributed by atoms with van der Waals surface area (Å²) in [6, 6.07) is 3.60. The van der Waals surface area contributed by atoms with Crippen LogP contribution in [0.4, 0.5) is 4.79 Å². The summed E-state index contributed by atoms with van der Waals surface area (Å²) in [7, 11) is 1.56. The Labute approximate surface area is 130 Å². The fraction of sp³-hybridized carbons (Fsp3) is 0.500. The summed E-state index contributed by atoms with van der Waals surface area (Å²) in [4.78, 5) is 25.8. The smallest absolute Gasteiger partial charge is 0.327 e. The molecular weight excluding hydrogens is 284 g/mol. The van der Waals surface area contributed by atoms with Crippen LogP contribution < -0.4 is 4.74 Å².